The van der Waals surface area contributed by atoms with Crippen LogP contribution in [-0.2, 0) is 19.7 Å². The Labute approximate surface area is 124 Å². The van der Waals surface area contributed by atoms with Gasteiger partial charge in [-0.15, -0.1) is 0 Å². The number of amides is 1. The van der Waals surface area contributed by atoms with E-state index >= 15 is 0 Å². The molecule has 1 unspecified atom stereocenters. The van der Waals surface area contributed by atoms with Crippen LogP contribution in [0.3, 0.4) is 0 Å². The largest absolute Gasteiger partial charge is 0.469 e. The van der Waals surface area contributed by atoms with Crippen molar-refractivity contribution in [2.24, 2.45) is 5.73 Å². The summed E-state index contributed by atoms with van der Waals surface area (Å²) in [7, 11) is 1.28. The average molecular weight is 290 g/mol. The first-order valence-corrected chi connectivity index (χ1v) is 7.07. The number of hydrogen-bond acceptors (Lipinski definition) is 4. The van der Waals surface area contributed by atoms with Gasteiger partial charge in [-0.2, -0.15) is 0 Å². The van der Waals surface area contributed by atoms with Crippen LogP contribution in [0.4, 0.5) is 0 Å². The van der Waals surface area contributed by atoms with Crippen molar-refractivity contribution in [3.63, 3.8) is 0 Å². The zero-order valence-electron chi connectivity index (χ0n) is 12.7. The molecule has 21 heavy (non-hydrogen) atoms. The van der Waals surface area contributed by atoms with E-state index in [0.717, 1.165) is 12.0 Å². The third kappa shape index (κ3) is 3.24. The van der Waals surface area contributed by atoms with Crippen molar-refractivity contribution < 1.29 is 14.3 Å². The second-order valence-electron chi connectivity index (χ2n) is 6.12. The molecule has 0 heterocycles. The first kappa shape index (κ1) is 15.5. The van der Waals surface area contributed by atoms with Gasteiger partial charge in [-0.1, -0.05) is 38.1 Å². The Morgan fingerprint density at radius 3 is 2.76 bits per heavy atom. The molecule has 3 N–H and O–H groups in total. The molecule has 1 aliphatic carbocycles. The van der Waals surface area contributed by atoms with Gasteiger partial charge in [-0.25, -0.2) is 0 Å². The van der Waals surface area contributed by atoms with Crippen LogP contribution in [-0.4, -0.2) is 25.0 Å². The van der Waals surface area contributed by atoms with Crippen LogP contribution in [0.25, 0.3) is 0 Å². The lowest BCUT2D eigenvalue weighted by atomic mass is 9.86. The molecular formula is C16H22N2O3. The third-order valence-corrected chi connectivity index (χ3v) is 4.05. The quantitative estimate of drug-likeness (QED) is 0.822. The van der Waals surface area contributed by atoms with Crippen molar-refractivity contribution in [3.8, 4) is 0 Å². The fraction of sp³-hybridized carbons (Fsp3) is 0.500. The number of nitrogens with two attached hydrogens (primary N) is 1. The third-order valence-electron chi connectivity index (χ3n) is 4.05. The van der Waals surface area contributed by atoms with Crippen molar-refractivity contribution in [1.82, 2.24) is 5.32 Å². The summed E-state index contributed by atoms with van der Waals surface area (Å²) in [6.07, 6.45) is 0.711. The summed E-state index contributed by atoms with van der Waals surface area (Å²) in [5, 5.41) is 2.95. The van der Waals surface area contributed by atoms with E-state index in [1.165, 1.54) is 12.7 Å². The number of ether oxygens (including phenoxy) is 1. The van der Waals surface area contributed by atoms with Crippen LogP contribution in [0.1, 0.15) is 43.9 Å². The standard InChI is InChI=1S/C16H22N2O3/c1-16(2)9-13(10-6-4-5-7-11(10)16)18-15(20)12(17)8-14(19)21-3/h4-7,12-13H,8-9,17H2,1-3H3,(H,18,20)/t12-,13?/m1/s1. The zero-order valence-corrected chi connectivity index (χ0v) is 12.7. The Morgan fingerprint density at radius 2 is 2.10 bits per heavy atom. The summed E-state index contributed by atoms with van der Waals surface area (Å²) < 4.78 is 4.53. The highest BCUT2D eigenvalue weighted by Crippen LogP contribution is 2.44. The Bertz CT molecular complexity index is 554. The molecule has 1 aromatic carbocycles. The number of rotatable bonds is 4. The van der Waals surface area contributed by atoms with Crippen molar-refractivity contribution in [2.75, 3.05) is 7.11 Å². The van der Waals surface area contributed by atoms with E-state index in [0.29, 0.717) is 0 Å². The normalized spacial score (nSPS) is 20.5. The summed E-state index contributed by atoms with van der Waals surface area (Å²) >= 11 is 0. The molecule has 1 amide bonds. The van der Waals surface area contributed by atoms with Crippen molar-refractivity contribution in [1.29, 1.82) is 0 Å². The van der Waals surface area contributed by atoms with Crippen LogP contribution in [0, 0.1) is 0 Å². The molecule has 5 heteroatoms. The Hall–Kier alpha value is -1.88. The topological polar surface area (TPSA) is 81.4 Å². The van der Waals surface area contributed by atoms with Gasteiger partial charge in [-0.3, -0.25) is 9.59 Å². The molecule has 0 radical (unpaired) electrons. The van der Waals surface area contributed by atoms with Crippen molar-refractivity contribution >= 4 is 11.9 Å². The van der Waals surface area contributed by atoms with E-state index in [1.54, 1.807) is 0 Å². The fourth-order valence-corrected chi connectivity index (χ4v) is 2.91. The number of hydrogen-bond donors (Lipinski definition) is 2. The molecule has 2 rings (SSSR count). The van der Waals surface area contributed by atoms with Crippen LogP contribution in [0.5, 0.6) is 0 Å². The lowest BCUT2D eigenvalue weighted by Crippen LogP contribution is -2.43. The molecule has 0 bridgehead atoms. The molecule has 0 saturated carbocycles. The van der Waals surface area contributed by atoms with E-state index in [9.17, 15) is 9.59 Å². The maximum Gasteiger partial charge on any atom is 0.307 e. The van der Waals surface area contributed by atoms with Gasteiger partial charge in [0, 0.05) is 0 Å². The molecule has 1 aromatic rings. The van der Waals surface area contributed by atoms with Crippen LogP contribution in [0.2, 0.25) is 0 Å². The molecular weight excluding hydrogens is 268 g/mol. The smallest absolute Gasteiger partial charge is 0.307 e. The van der Waals surface area contributed by atoms with Crippen LogP contribution in [0.15, 0.2) is 24.3 Å². The minimum absolute atomic E-state index is 0.0149. The second kappa shape index (κ2) is 5.85. The van der Waals surface area contributed by atoms with Gasteiger partial charge in [-0.05, 0) is 23.0 Å². The number of fused-ring (bicyclic) bond motifs is 1. The molecule has 114 valence electrons. The summed E-state index contributed by atoms with van der Waals surface area (Å²) in [6.45, 7) is 4.32. The van der Waals surface area contributed by atoms with E-state index in [1.807, 2.05) is 18.2 Å². The van der Waals surface area contributed by atoms with Crippen LogP contribution >= 0.6 is 0 Å². The molecule has 0 spiro atoms. The summed E-state index contributed by atoms with van der Waals surface area (Å²) in [5.41, 5.74) is 8.13. The predicted molar refractivity (Wildman–Crippen MR) is 79.6 cm³/mol. The summed E-state index contributed by atoms with van der Waals surface area (Å²) in [5.74, 6) is -0.803. The molecule has 0 saturated heterocycles. The van der Waals surface area contributed by atoms with E-state index in [2.05, 4.69) is 30.0 Å². The highest BCUT2D eigenvalue weighted by atomic mass is 16.5. The minimum atomic E-state index is -0.881. The predicted octanol–water partition coefficient (Wildman–Crippen LogP) is 1.42. The first-order valence-electron chi connectivity index (χ1n) is 7.07. The van der Waals surface area contributed by atoms with Gasteiger partial charge in [0.1, 0.15) is 0 Å². The van der Waals surface area contributed by atoms with Gasteiger partial charge in [0.2, 0.25) is 5.91 Å². The summed E-state index contributed by atoms with van der Waals surface area (Å²) in [6, 6.07) is 7.15. The molecule has 0 aromatic heterocycles. The van der Waals surface area contributed by atoms with E-state index < -0.39 is 12.0 Å². The Morgan fingerprint density at radius 1 is 1.43 bits per heavy atom. The monoisotopic (exact) mass is 290 g/mol. The molecule has 0 aliphatic heterocycles. The lowest BCUT2D eigenvalue weighted by Gasteiger charge is -2.20. The molecule has 5 nitrogen and oxygen atoms in total. The van der Waals surface area contributed by atoms with Crippen LogP contribution < -0.4 is 11.1 Å². The van der Waals surface area contributed by atoms with E-state index in [-0.39, 0.29) is 23.8 Å². The van der Waals surface area contributed by atoms with Gasteiger partial charge in [0.25, 0.3) is 0 Å². The number of carbonyl (C=O) groups excluding carboxylic acids is 2. The summed E-state index contributed by atoms with van der Waals surface area (Å²) in [4.78, 5) is 23.3. The van der Waals surface area contributed by atoms with Gasteiger partial charge < -0.3 is 15.8 Å². The maximum atomic E-state index is 12.1. The van der Waals surface area contributed by atoms with Gasteiger partial charge >= 0.3 is 5.97 Å². The zero-order chi connectivity index (χ0) is 15.6. The molecule has 2 atom stereocenters. The lowest BCUT2D eigenvalue weighted by molar-refractivity contribution is -0.142. The van der Waals surface area contributed by atoms with Crippen molar-refractivity contribution in [3.05, 3.63) is 35.4 Å². The average Bonchev–Trinajstić information content (AvgIpc) is 2.70. The Kier molecular flexibility index (Phi) is 4.32. The first-order chi connectivity index (χ1) is 9.85. The molecule has 0 fully saturated rings. The number of nitrogens with one attached hydrogen (secondary N) is 1. The minimum Gasteiger partial charge on any atom is -0.469 e. The maximum absolute atomic E-state index is 12.1. The number of carbonyl (C=O) groups is 2. The van der Waals surface area contributed by atoms with Crippen molar-refractivity contribution in [2.45, 2.75) is 44.2 Å². The SMILES string of the molecule is COC(=O)C[C@@H](N)C(=O)NC1CC(C)(C)c2ccccc21. The van der Waals surface area contributed by atoms with E-state index in [4.69, 9.17) is 5.73 Å². The fourth-order valence-electron chi connectivity index (χ4n) is 2.91. The highest BCUT2D eigenvalue weighted by molar-refractivity contribution is 5.86. The number of methoxy groups -OCH3 is 1. The van der Waals surface area contributed by atoms with Gasteiger partial charge in [0.15, 0.2) is 0 Å². The molecule has 1 aliphatic rings. The van der Waals surface area contributed by atoms with Gasteiger partial charge in [0.05, 0.1) is 25.6 Å². The second-order valence-corrected chi connectivity index (χ2v) is 6.12. The number of esters is 1. The number of benzene rings is 1. The highest BCUT2D eigenvalue weighted by Gasteiger charge is 2.37. The Balaban J connectivity index is 2.08.